The van der Waals surface area contributed by atoms with Gasteiger partial charge < -0.3 is 9.90 Å². The minimum absolute atomic E-state index is 0.165. The minimum atomic E-state index is -1.35. The Kier molecular flexibility index (Phi) is 4.74. The molecule has 0 spiro atoms. The van der Waals surface area contributed by atoms with E-state index in [4.69, 9.17) is 12.2 Å². The summed E-state index contributed by atoms with van der Waals surface area (Å²) in [6.45, 7) is 1.63. The quantitative estimate of drug-likeness (QED) is 0.621. The van der Waals surface area contributed by atoms with Crippen LogP contribution in [0.25, 0.3) is 6.08 Å². The first-order chi connectivity index (χ1) is 9.93. The molecular formula is C14H11FNO3S2-. The topological polar surface area (TPSA) is 60.4 Å². The highest BCUT2D eigenvalue weighted by Crippen LogP contribution is 2.34. The number of halogens is 1. The first kappa shape index (κ1) is 15.7. The number of hydrogen-bond acceptors (Lipinski definition) is 5. The van der Waals surface area contributed by atoms with Crippen LogP contribution in [-0.2, 0) is 9.59 Å². The van der Waals surface area contributed by atoms with Crippen molar-refractivity contribution >= 4 is 46.3 Å². The van der Waals surface area contributed by atoms with Crippen molar-refractivity contribution < 1.29 is 19.1 Å². The minimum Gasteiger partial charge on any atom is -0.548 e. The number of carboxylic acid groups (broad SMARTS) is 1. The van der Waals surface area contributed by atoms with Crippen molar-refractivity contribution in [1.82, 2.24) is 4.90 Å². The lowest BCUT2D eigenvalue weighted by Crippen LogP contribution is -2.49. The van der Waals surface area contributed by atoms with Crippen molar-refractivity contribution in [1.29, 1.82) is 0 Å². The van der Waals surface area contributed by atoms with E-state index in [2.05, 4.69) is 0 Å². The van der Waals surface area contributed by atoms with Gasteiger partial charge in [0.15, 0.2) is 0 Å². The molecule has 1 heterocycles. The van der Waals surface area contributed by atoms with Crippen LogP contribution in [0.1, 0.15) is 18.9 Å². The molecule has 110 valence electrons. The molecule has 0 bridgehead atoms. The number of carbonyl (C=O) groups is 2. The van der Waals surface area contributed by atoms with Crippen LogP contribution >= 0.6 is 24.0 Å². The average molecular weight is 324 g/mol. The fourth-order valence-corrected chi connectivity index (χ4v) is 3.31. The van der Waals surface area contributed by atoms with E-state index in [0.717, 1.165) is 16.7 Å². The molecule has 1 saturated heterocycles. The van der Waals surface area contributed by atoms with E-state index >= 15 is 0 Å². The Morgan fingerprint density at radius 3 is 2.86 bits per heavy atom. The maximum Gasteiger partial charge on any atom is 0.266 e. The van der Waals surface area contributed by atoms with Gasteiger partial charge in [0.05, 0.1) is 16.9 Å². The number of carboxylic acids is 1. The fourth-order valence-electron chi connectivity index (χ4n) is 1.95. The monoisotopic (exact) mass is 324 g/mol. The third-order valence-corrected chi connectivity index (χ3v) is 4.27. The van der Waals surface area contributed by atoms with Crippen molar-refractivity contribution in [2.45, 2.75) is 19.4 Å². The van der Waals surface area contributed by atoms with Gasteiger partial charge >= 0.3 is 0 Å². The third-order valence-electron chi connectivity index (χ3n) is 2.94. The van der Waals surface area contributed by atoms with Crippen LogP contribution in [0.2, 0.25) is 0 Å². The van der Waals surface area contributed by atoms with Crippen molar-refractivity contribution in [2.24, 2.45) is 0 Å². The van der Waals surface area contributed by atoms with Crippen molar-refractivity contribution in [3.63, 3.8) is 0 Å². The molecule has 2 rings (SSSR count). The number of thioether (sulfide) groups is 1. The van der Waals surface area contributed by atoms with Crippen LogP contribution in [0.15, 0.2) is 29.2 Å². The number of amides is 1. The Balaban J connectivity index is 2.31. The molecule has 1 amide bonds. The van der Waals surface area contributed by atoms with E-state index in [0.29, 0.717) is 5.56 Å². The molecule has 0 aliphatic carbocycles. The molecule has 4 nitrogen and oxygen atoms in total. The normalized spacial score (nSPS) is 18.4. The summed E-state index contributed by atoms with van der Waals surface area (Å²) >= 11 is 6.06. The first-order valence-corrected chi connectivity index (χ1v) is 7.40. The molecule has 0 unspecified atom stereocenters. The Bertz CT molecular complexity index is 645. The summed E-state index contributed by atoms with van der Waals surface area (Å²) in [5.74, 6) is -2.26. The van der Waals surface area contributed by atoms with E-state index in [1.807, 2.05) is 0 Å². The predicted molar refractivity (Wildman–Crippen MR) is 80.5 cm³/mol. The molecule has 0 N–H and O–H groups in total. The van der Waals surface area contributed by atoms with Crippen molar-refractivity contribution in [2.75, 3.05) is 0 Å². The molecule has 0 saturated carbocycles. The van der Waals surface area contributed by atoms with Gasteiger partial charge in [-0.25, -0.2) is 4.39 Å². The predicted octanol–water partition coefficient (Wildman–Crippen LogP) is 1.56. The van der Waals surface area contributed by atoms with E-state index in [1.54, 1.807) is 13.0 Å². The summed E-state index contributed by atoms with van der Waals surface area (Å²) in [4.78, 5) is 24.7. The second-order valence-corrected chi connectivity index (χ2v) is 6.03. The SMILES string of the molecule is CC[C@H](C(=O)[O-])N1C(=O)C(=Cc2cccc(F)c2)SC1=S. The lowest BCUT2D eigenvalue weighted by Gasteiger charge is -2.26. The van der Waals surface area contributed by atoms with Crippen LogP contribution < -0.4 is 5.11 Å². The molecule has 1 aliphatic rings. The van der Waals surface area contributed by atoms with Gasteiger partial charge in [0.25, 0.3) is 5.91 Å². The second kappa shape index (κ2) is 6.36. The van der Waals surface area contributed by atoms with Crippen LogP contribution in [0.4, 0.5) is 4.39 Å². The van der Waals surface area contributed by atoms with E-state index in [-0.39, 0.29) is 15.6 Å². The van der Waals surface area contributed by atoms with Gasteiger partial charge in [-0.15, -0.1) is 0 Å². The Morgan fingerprint density at radius 1 is 1.57 bits per heavy atom. The summed E-state index contributed by atoms with van der Waals surface area (Å²) in [6, 6.07) is 4.66. The number of thiocarbonyl (C=S) groups is 1. The molecule has 0 radical (unpaired) electrons. The zero-order valence-corrected chi connectivity index (χ0v) is 12.7. The van der Waals surface area contributed by atoms with Gasteiger partial charge in [-0.2, -0.15) is 0 Å². The van der Waals surface area contributed by atoms with Crippen molar-refractivity contribution in [3.8, 4) is 0 Å². The summed E-state index contributed by atoms with van der Waals surface area (Å²) in [5, 5.41) is 11.1. The highest BCUT2D eigenvalue weighted by Gasteiger charge is 2.36. The number of rotatable bonds is 4. The zero-order chi connectivity index (χ0) is 15.6. The van der Waals surface area contributed by atoms with Gasteiger partial charge in [0.2, 0.25) is 0 Å². The number of nitrogens with zero attached hydrogens (tertiary/aromatic N) is 1. The molecule has 1 fully saturated rings. The van der Waals surface area contributed by atoms with Crippen LogP contribution in [0.5, 0.6) is 0 Å². The highest BCUT2D eigenvalue weighted by atomic mass is 32.2. The van der Waals surface area contributed by atoms with Gasteiger partial charge in [-0.05, 0) is 30.2 Å². The van der Waals surface area contributed by atoms with Crippen LogP contribution in [0.3, 0.4) is 0 Å². The smallest absolute Gasteiger partial charge is 0.266 e. The average Bonchev–Trinajstić information content (AvgIpc) is 2.67. The maximum absolute atomic E-state index is 13.1. The largest absolute Gasteiger partial charge is 0.548 e. The van der Waals surface area contributed by atoms with Gasteiger partial charge in [-0.1, -0.05) is 43.0 Å². The number of carbonyl (C=O) groups excluding carboxylic acids is 2. The number of hydrogen-bond donors (Lipinski definition) is 0. The summed E-state index contributed by atoms with van der Waals surface area (Å²) in [7, 11) is 0. The molecule has 0 aromatic heterocycles. The van der Waals surface area contributed by atoms with Crippen LogP contribution in [0, 0.1) is 5.82 Å². The maximum atomic E-state index is 13.1. The summed E-state index contributed by atoms with van der Waals surface area (Å²) < 4.78 is 13.3. The lowest BCUT2D eigenvalue weighted by atomic mass is 10.1. The highest BCUT2D eigenvalue weighted by molar-refractivity contribution is 8.26. The molecule has 1 aromatic carbocycles. The molecule has 7 heteroatoms. The number of benzene rings is 1. The second-order valence-electron chi connectivity index (χ2n) is 4.35. The Hall–Kier alpha value is -1.73. The summed E-state index contributed by atoms with van der Waals surface area (Å²) in [5.41, 5.74) is 0.511. The Morgan fingerprint density at radius 2 is 2.29 bits per heavy atom. The molecule has 1 atom stereocenters. The van der Waals surface area contributed by atoms with E-state index in [9.17, 15) is 19.1 Å². The third kappa shape index (κ3) is 3.30. The first-order valence-electron chi connectivity index (χ1n) is 6.17. The zero-order valence-electron chi connectivity index (χ0n) is 11.0. The lowest BCUT2D eigenvalue weighted by molar-refractivity contribution is -0.310. The molecule has 1 aromatic rings. The van der Waals surface area contributed by atoms with Gasteiger partial charge in [0.1, 0.15) is 10.1 Å². The fraction of sp³-hybridized carbons (Fsp3) is 0.214. The van der Waals surface area contributed by atoms with Crippen LogP contribution in [-0.4, -0.2) is 27.1 Å². The van der Waals surface area contributed by atoms with E-state index in [1.165, 1.54) is 24.3 Å². The van der Waals surface area contributed by atoms with Gasteiger partial charge in [0, 0.05) is 0 Å². The Labute approximate surface area is 130 Å². The number of aliphatic carboxylic acids is 1. The van der Waals surface area contributed by atoms with E-state index < -0.39 is 23.7 Å². The van der Waals surface area contributed by atoms with Crippen molar-refractivity contribution in [3.05, 3.63) is 40.6 Å². The standard InChI is InChI=1S/C14H12FNO3S2/c1-2-10(13(18)19)16-12(17)11(21-14(16)20)7-8-4-3-5-9(15)6-8/h3-7,10H,2H2,1H3,(H,18,19)/p-1/t10-/m1/s1. The molecular weight excluding hydrogens is 313 g/mol. The summed E-state index contributed by atoms with van der Waals surface area (Å²) in [6.07, 6.45) is 1.69. The molecule has 1 aliphatic heterocycles. The molecule has 21 heavy (non-hydrogen) atoms. The van der Waals surface area contributed by atoms with Gasteiger partial charge in [-0.3, -0.25) is 9.69 Å².